The van der Waals surface area contributed by atoms with Gasteiger partial charge in [-0.25, -0.2) is 4.39 Å². The van der Waals surface area contributed by atoms with Crippen LogP contribution in [0.3, 0.4) is 0 Å². The Morgan fingerprint density at radius 3 is 2.67 bits per heavy atom. The molecule has 0 saturated heterocycles. The zero-order valence-electron chi connectivity index (χ0n) is 9.88. The lowest BCUT2D eigenvalue weighted by Gasteiger charge is -2.06. The Kier molecular flexibility index (Phi) is 4.01. The third-order valence-electron chi connectivity index (χ3n) is 2.71. The number of hydrogen-bond acceptors (Lipinski definition) is 2. The van der Waals surface area contributed by atoms with E-state index in [1.807, 2.05) is 36.4 Å². The fraction of sp³-hybridized carbons (Fsp3) is 0.154. The lowest BCUT2D eigenvalue weighted by molar-refractivity contribution is 0.102. The summed E-state index contributed by atoms with van der Waals surface area (Å²) in [6.07, 6.45) is 0. The lowest BCUT2D eigenvalue weighted by atomic mass is 10.1. The van der Waals surface area contributed by atoms with Crippen molar-refractivity contribution in [1.29, 1.82) is 0 Å². The van der Waals surface area contributed by atoms with Crippen molar-refractivity contribution in [1.82, 2.24) is 0 Å². The predicted molar refractivity (Wildman–Crippen MR) is 80.9 cm³/mol. The molecule has 2 rings (SSSR count). The first kappa shape index (κ1) is 13.5. The van der Waals surface area contributed by atoms with E-state index in [9.17, 15) is 9.18 Å². The molecule has 0 radical (unpaired) electrons. The summed E-state index contributed by atoms with van der Waals surface area (Å²) in [5, 5.41) is 4.39. The molecule has 0 atom stereocenters. The molecule has 18 heavy (non-hydrogen) atoms. The predicted octanol–water partition coefficient (Wildman–Crippen LogP) is 4.36. The normalized spacial score (nSPS) is 10.4. The van der Waals surface area contributed by atoms with Crippen LogP contribution < -0.4 is 5.32 Å². The first-order chi connectivity index (χ1) is 8.49. The number of aryl methyl sites for hydroxylation is 1. The minimum Gasteiger partial charge on any atom is -0.319 e. The van der Waals surface area contributed by atoms with Gasteiger partial charge in [0.15, 0.2) is 0 Å². The maximum Gasteiger partial charge on any atom is 0.256 e. The minimum absolute atomic E-state index is 0.212. The van der Waals surface area contributed by atoms with E-state index in [1.54, 1.807) is 17.5 Å². The molecule has 2 nitrogen and oxygen atoms in total. The van der Waals surface area contributed by atoms with Gasteiger partial charge >= 0.3 is 0 Å². The fourth-order valence-electron chi connectivity index (χ4n) is 1.52. The van der Waals surface area contributed by atoms with E-state index < -0.39 is 5.82 Å². The smallest absolute Gasteiger partial charge is 0.256 e. The fourth-order valence-corrected chi connectivity index (χ4v) is 2.84. The molecule has 1 aromatic heterocycles. The first-order valence-corrected chi connectivity index (χ1v) is 7.26. The number of hydrogen-bond donors (Lipinski definition) is 1. The topological polar surface area (TPSA) is 29.1 Å². The minimum atomic E-state index is -0.417. The molecule has 0 aliphatic heterocycles. The number of rotatable bonds is 2. The summed E-state index contributed by atoms with van der Waals surface area (Å²) in [5.41, 5.74) is 1.77. The monoisotopic (exact) mass is 375 g/mol. The van der Waals surface area contributed by atoms with E-state index in [0.29, 0.717) is 5.56 Å². The van der Waals surface area contributed by atoms with E-state index in [0.717, 1.165) is 14.0 Å². The van der Waals surface area contributed by atoms with Gasteiger partial charge in [-0.3, -0.25) is 4.79 Å². The Morgan fingerprint density at radius 2 is 2.11 bits per heavy atom. The van der Waals surface area contributed by atoms with Crippen molar-refractivity contribution in [3.8, 4) is 0 Å². The van der Waals surface area contributed by atoms with E-state index in [4.69, 9.17) is 0 Å². The highest BCUT2D eigenvalue weighted by molar-refractivity contribution is 14.1. The van der Waals surface area contributed by atoms with Crippen molar-refractivity contribution in [2.45, 2.75) is 13.8 Å². The van der Waals surface area contributed by atoms with Gasteiger partial charge in [0.2, 0.25) is 0 Å². The molecule has 2 aromatic rings. The van der Waals surface area contributed by atoms with Crippen LogP contribution >= 0.6 is 33.9 Å². The molecular formula is C13H11FINOS. The second-order valence-corrected chi connectivity index (χ2v) is 6.24. The average Bonchev–Trinajstić information content (AvgIpc) is 2.64. The highest BCUT2D eigenvalue weighted by atomic mass is 127. The van der Waals surface area contributed by atoms with Crippen molar-refractivity contribution in [2.24, 2.45) is 0 Å². The Morgan fingerprint density at radius 1 is 1.39 bits per heavy atom. The summed E-state index contributed by atoms with van der Waals surface area (Å²) in [7, 11) is 0. The number of benzene rings is 1. The van der Waals surface area contributed by atoms with E-state index in [-0.39, 0.29) is 11.6 Å². The van der Waals surface area contributed by atoms with E-state index in [2.05, 4.69) is 5.32 Å². The van der Waals surface area contributed by atoms with Crippen molar-refractivity contribution < 1.29 is 9.18 Å². The molecule has 0 bridgehead atoms. The summed E-state index contributed by atoms with van der Waals surface area (Å²) in [6.45, 7) is 3.85. The zero-order chi connectivity index (χ0) is 13.3. The number of halogens is 2. The molecule has 0 spiro atoms. The molecule has 0 aliphatic rings. The van der Waals surface area contributed by atoms with Gasteiger partial charge in [-0.15, -0.1) is 11.3 Å². The number of anilines is 1. The summed E-state index contributed by atoms with van der Waals surface area (Å²) in [6, 6.07) is 4.72. The maximum atomic E-state index is 13.6. The van der Waals surface area contributed by atoms with Crippen molar-refractivity contribution in [3.05, 3.63) is 49.0 Å². The number of carbonyl (C=O) groups excluding carboxylic acids is 1. The van der Waals surface area contributed by atoms with Crippen LogP contribution in [-0.4, -0.2) is 5.91 Å². The molecule has 1 N–H and O–H groups in total. The molecule has 1 heterocycles. The Balaban J connectivity index is 2.24. The molecule has 0 unspecified atom stereocenters. The van der Waals surface area contributed by atoms with E-state index in [1.165, 1.54) is 17.4 Å². The molecule has 5 heteroatoms. The molecule has 0 saturated carbocycles. The summed E-state index contributed by atoms with van der Waals surface area (Å²) >= 11 is 3.55. The van der Waals surface area contributed by atoms with Crippen LogP contribution in [0, 0.1) is 23.2 Å². The highest BCUT2D eigenvalue weighted by Crippen LogP contribution is 2.23. The number of amides is 1. The number of nitrogens with one attached hydrogen (secondary N) is 1. The third-order valence-corrected chi connectivity index (χ3v) is 4.39. The van der Waals surface area contributed by atoms with Crippen LogP contribution in [0.2, 0.25) is 0 Å². The van der Waals surface area contributed by atoms with Crippen molar-refractivity contribution >= 4 is 45.5 Å². The lowest BCUT2D eigenvalue weighted by Crippen LogP contribution is -2.13. The largest absolute Gasteiger partial charge is 0.319 e. The number of carbonyl (C=O) groups is 1. The molecular weight excluding hydrogens is 364 g/mol. The van der Waals surface area contributed by atoms with Gasteiger partial charge in [-0.1, -0.05) is 0 Å². The van der Waals surface area contributed by atoms with E-state index >= 15 is 0 Å². The maximum absolute atomic E-state index is 13.6. The van der Waals surface area contributed by atoms with Gasteiger partial charge in [-0.05, 0) is 60.2 Å². The van der Waals surface area contributed by atoms with Gasteiger partial charge in [0.1, 0.15) is 5.82 Å². The molecule has 94 valence electrons. The van der Waals surface area contributed by atoms with Crippen LogP contribution in [0.4, 0.5) is 10.1 Å². The molecule has 1 aromatic carbocycles. The Hall–Kier alpha value is -0.950. The summed E-state index contributed by atoms with van der Waals surface area (Å²) in [5.74, 6) is -0.684. The summed E-state index contributed by atoms with van der Waals surface area (Å²) in [4.78, 5) is 13.1. The van der Waals surface area contributed by atoms with Crippen LogP contribution in [0.25, 0.3) is 0 Å². The zero-order valence-corrected chi connectivity index (χ0v) is 12.9. The average molecular weight is 375 g/mol. The van der Waals surface area contributed by atoms with Crippen LogP contribution in [0.1, 0.15) is 20.8 Å². The van der Waals surface area contributed by atoms with Gasteiger partial charge in [0, 0.05) is 13.8 Å². The molecule has 1 amide bonds. The van der Waals surface area contributed by atoms with Crippen LogP contribution in [-0.2, 0) is 0 Å². The Bertz CT molecular complexity index is 609. The summed E-state index contributed by atoms with van der Waals surface area (Å²) < 4.78 is 14.4. The standard InChI is InChI=1S/C13H11FINOS/c1-7-8(2)18-6-10(7)13(17)16-12-4-3-9(15)5-11(12)14/h3-6H,1-2H3,(H,16,17). The second kappa shape index (κ2) is 5.36. The molecule has 0 aliphatic carbocycles. The van der Waals surface area contributed by atoms with Gasteiger partial charge < -0.3 is 5.32 Å². The van der Waals surface area contributed by atoms with Crippen molar-refractivity contribution in [3.63, 3.8) is 0 Å². The van der Waals surface area contributed by atoms with Gasteiger partial charge in [0.25, 0.3) is 5.91 Å². The van der Waals surface area contributed by atoms with Gasteiger partial charge in [0.05, 0.1) is 11.3 Å². The third kappa shape index (κ3) is 2.72. The van der Waals surface area contributed by atoms with Gasteiger partial charge in [-0.2, -0.15) is 0 Å². The van der Waals surface area contributed by atoms with Crippen LogP contribution in [0.5, 0.6) is 0 Å². The first-order valence-electron chi connectivity index (χ1n) is 5.30. The molecule has 0 fully saturated rings. The quantitative estimate of drug-likeness (QED) is 0.777. The SMILES string of the molecule is Cc1scc(C(=O)Nc2ccc(I)cc2F)c1C. The Labute approximate surface area is 122 Å². The number of thiophene rings is 1. The highest BCUT2D eigenvalue weighted by Gasteiger charge is 2.14. The van der Waals surface area contributed by atoms with Crippen LogP contribution in [0.15, 0.2) is 23.6 Å². The van der Waals surface area contributed by atoms with Crippen molar-refractivity contribution in [2.75, 3.05) is 5.32 Å². The second-order valence-electron chi connectivity index (χ2n) is 3.91.